The van der Waals surface area contributed by atoms with Crippen molar-refractivity contribution in [1.82, 2.24) is 24.6 Å². The largest absolute Gasteiger partial charge is 0.481 e. The van der Waals surface area contributed by atoms with Gasteiger partial charge in [-0.2, -0.15) is 0 Å². The van der Waals surface area contributed by atoms with Crippen LogP contribution < -0.4 is 5.32 Å². The summed E-state index contributed by atoms with van der Waals surface area (Å²) in [5.41, 5.74) is 1.16. The third-order valence-electron chi connectivity index (χ3n) is 7.01. The van der Waals surface area contributed by atoms with Gasteiger partial charge in [-0.15, -0.1) is 5.10 Å². The van der Waals surface area contributed by atoms with Crippen LogP contribution >= 0.6 is 0 Å². The highest BCUT2D eigenvalue weighted by Gasteiger charge is 2.47. The Labute approximate surface area is 180 Å². The second-order valence-corrected chi connectivity index (χ2v) is 8.70. The summed E-state index contributed by atoms with van der Waals surface area (Å²) in [6.07, 6.45) is 7.91. The van der Waals surface area contributed by atoms with E-state index in [1.165, 1.54) is 22.8 Å². The van der Waals surface area contributed by atoms with E-state index in [0.29, 0.717) is 16.6 Å². The fourth-order valence-corrected chi connectivity index (χ4v) is 5.54. The lowest BCUT2D eigenvalue weighted by Crippen LogP contribution is -2.51. The predicted octanol–water partition coefficient (Wildman–Crippen LogP) is 3.85. The Morgan fingerprint density at radius 1 is 1.22 bits per heavy atom. The number of carbonyl (C=O) groups is 1. The number of aromatic amines is 1. The van der Waals surface area contributed by atoms with Crippen molar-refractivity contribution in [3.05, 3.63) is 42.4 Å². The van der Waals surface area contributed by atoms with Gasteiger partial charge in [0.05, 0.1) is 12.1 Å². The molecule has 3 aliphatic carbocycles. The average molecular weight is 438 g/mol. The van der Waals surface area contributed by atoms with Gasteiger partial charge in [0, 0.05) is 29.4 Å². The number of carboxylic acids is 1. The molecule has 0 aliphatic heterocycles. The molecule has 3 N–H and O–H groups in total. The number of aromatic nitrogens is 5. The van der Waals surface area contributed by atoms with E-state index in [9.17, 15) is 18.7 Å². The van der Waals surface area contributed by atoms with Crippen LogP contribution in [0.4, 0.5) is 14.6 Å². The first-order chi connectivity index (χ1) is 15.5. The van der Waals surface area contributed by atoms with Crippen molar-refractivity contribution in [2.75, 3.05) is 5.32 Å². The zero-order chi connectivity index (χ0) is 22.0. The standard InChI is InChI=1S/C22H20F2N6O2/c23-12-7-13-14(9-26-19(13)25-8-12)20-28-21(18-15(24)5-6-30(18)29-20)27-17-11-3-1-10(2-4-11)16(17)22(31)32/h5-11,16-17H,1-4H2,(H,25,26)(H,31,32)(H,27,28,29). The smallest absolute Gasteiger partial charge is 0.308 e. The Morgan fingerprint density at radius 3 is 2.78 bits per heavy atom. The van der Waals surface area contributed by atoms with Gasteiger partial charge in [-0.3, -0.25) is 4.79 Å². The Kier molecular flexibility index (Phi) is 4.17. The van der Waals surface area contributed by atoms with Crippen molar-refractivity contribution in [2.45, 2.75) is 31.7 Å². The SMILES string of the molecule is O=C(O)C1C2CCC(CC2)C1Nc1nc(-c2c[nH]c3ncc(F)cc23)nn2ccc(F)c12. The third-order valence-corrected chi connectivity index (χ3v) is 7.01. The molecule has 8 nitrogen and oxygen atoms in total. The van der Waals surface area contributed by atoms with Gasteiger partial charge in [0.1, 0.15) is 17.0 Å². The molecule has 0 spiro atoms. The molecule has 2 unspecified atom stereocenters. The molecule has 3 fully saturated rings. The van der Waals surface area contributed by atoms with Crippen LogP contribution in [0.2, 0.25) is 0 Å². The maximum absolute atomic E-state index is 14.7. The summed E-state index contributed by atoms with van der Waals surface area (Å²) in [6, 6.07) is 2.28. The third kappa shape index (κ3) is 2.85. The molecule has 32 heavy (non-hydrogen) atoms. The number of carboxylic acid groups (broad SMARTS) is 1. The molecule has 4 heterocycles. The number of hydrogen-bond acceptors (Lipinski definition) is 5. The minimum absolute atomic E-state index is 0.103. The summed E-state index contributed by atoms with van der Waals surface area (Å²) >= 11 is 0. The van der Waals surface area contributed by atoms with Crippen molar-refractivity contribution in [2.24, 2.45) is 17.8 Å². The number of hydrogen-bond donors (Lipinski definition) is 3. The summed E-state index contributed by atoms with van der Waals surface area (Å²) < 4.78 is 29.9. The van der Waals surface area contributed by atoms with E-state index in [4.69, 9.17) is 0 Å². The first-order valence-electron chi connectivity index (χ1n) is 10.7. The van der Waals surface area contributed by atoms with Gasteiger partial charge in [-0.05, 0) is 49.7 Å². The van der Waals surface area contributed by atoms with E-state index in [1.54, 1.807) is 6.20 Å². The van der Waals surface area contributed by atoms with Gasteiger partial charge < -0.3 is 15.4 Å². The van der Waals surface area contributed by atoms with Gasteiger partial charge in [0.15, 0.2) is 17.5 Å². The minimum Gasteiger partial charge on any atom is -0.481 e. The van der Waals surface area contributed by atoms with E-state index in [1.807, 2.05) is 0 Å². The molecular formula is C22H20F2N6O2. The fraction of sp³-hybridized carbons (Fsp3) is 0.364. The molecule has 0 amide bonds. The number of pyridine rings is 1. The lowest BCUT2D eigenvalue weighted by atomic mass is 9.61. The Balaban J connectivity index is 1.48. The van der Waals surface area contributed by atoms with Crippen LogP contribution in [0.3, 0.4) is 0 Å². The van der Waals surface area contributed by atoms with Crippen LogP contribution in [0, 0.1) is 29.4 Å². The molecule has 0 saturated heterocycles. The Hall–Kier alpha value is -3.56. The minimum atomic E-state index is -0.837. The van der Waals surface area contributed by atoms with Gasteiger partial charge >= 0.3 is 5.97 Å². The number of halogens is 2. The Morgan fingerprint density at radius 2 is 2.00 bits per heavy atom. The second-order valence-electron chi connectivity index (χ2n) is 8.70. The van der Waals surface area contributed by atoms with Crippen LogP contribution in [-0.4, -0.2) is 41.7 Å². The average Bonchev–Trinajstić information content (AvgIpc) is 3.37. The molecule has 3 saturated carbocycles. The molecule has 2 atom stereocenters. The zero-order valence-corrected chi connectivity index (χ0v) is 16.9. The number of fused-ring (bicyclic) bond motifs is 5. The summed E-state index contributed by atoms with van der Waals surface area (Å²) in [4.78, 5) is 23.6. The van der Waals surface area contributed by atoms with E-state index >= 15 is 0 Å². The summed E-state index contributed by atoms with van der Waals surface area (Å²) in [5, 5.41) is 18.1. The molecule has 164 valence electrons. The van der Waals surface area contributed by atoms with Gasteiger partial charge in [0.2, 0.25) is 0 Å². The summed E-state index contributed by atoms with van der Waals surface area (Å²) in [7, 11) is 0. The van der Waals surface area contributed by atoms with Crippen LogP contribution in [0.1, 0.15) is 25.7 Å². The predicted molar refractivity (Wildman–Crippen MR) is 112 cm³/mol. The van der Waals surface area contributed by atoms with Crippen molar-refractivity contribution in [1.29, 1.82) is 0 Å². The number of H-pyrrole nitrogens is 1. The Bertz CT molecular complexity index is 1360. The van der Waals surface area contributed by atoms with E-state index < -0.39 is 23.5 Å². The number of rotatable bonds is 4. The first kappa shape index (κ1) is 19.1. The van der Waals surface area contributed by atoms with E-state index in [0.717, 1.165) is 31.9 Å². The lowest BCUT2D eigenvalue weighted by molar-refractivity contribution is -0.148. The monoisotopic (exact) mass is 438 g/mol. The normalized spacial score (nSPS) is 24.9. The quantitative estimate of drug-likeness (QED) is 0.447. The molecule has 2 bridgehead atoms. The van der Waals surface area contributed by atoms with Crippen LogP contribution in [0.5, 0.6) is 0 Å². The number of nitrogens with zero attached hydrogens (tertiary/aromatic N) is 4. The molecule has 4 aromatic heterocycles. The summed E-state index contributed by atoms with van der Waals surface area (Å²) in [5.74, 6) is -1.61. The maximum Gasteiger partial charge on any atom is 0.308 e. The van der Waals surface area contributed by atoms with Crippen molar-refractivity contribution in [3.8, 4) is 11.4 Å². The molecule has 4 aromatic rings. The van der Waals surface area contributed by atoms with Crippen LogP contribution in [0.25, 0.3) is 27.9 Å². The zero-order valence-electron chi connectivity index (χ0n) is 16.9. The highest BCUT2D eigenvalue weighted by molar-refractivity contribution is 5.92. The highest BCUT2D eigenvalue weighted by Crippen LogP contribution is 2.46. The molecular weight excluding hydrogens is 418 g/mol. The van der Waals surface area contributed by atoms with Crippen molar-refractivity contribution in [3.63, 3.8) is 0 Å². The van der Waals surface area contributed by atoms with Gasteiger partial charge in [-0.25, -0.2) is 23.3 Å². The summed E-state index contributed by atoms with van der Waals surface area (Å²) in [6.45, 7) is 0. The van der Waals surface area contributed by atoms with E-state index in [2.05, 4.69) is 25.4 Å². The number of anilines is 1. The lowest BCUT2D eigenvalue weighted by Gasteiger charge is -2.47. The van der Waals surface area contributed by atoms with Crippen LogP contribution in [0.15, 0.2) is 30.7 Å². The molecule has 10 heteroatoms. The van der Waals surface area contributed by atoms with Crippen LogP contribution in [-0.2, 0) is 4.79 Å². The highest BCUT2D eigenvalue weighted by atomic mass is 19.1. The molecule has 0 aromatic carbocycles. The van der Waals surface area contributed by atoms with Crippen molar-refractivity contribution < 1.29 is 18.7 Å². The van der Waals surface area contributed by atoms with Gasteiger partial charge in [0.25, 0.3) is 0 Å². The van der Waals surface area contributed by atoms with E-state index in [-0.39, 0.29) is 35.0 Å². The maximum atomic E-state index is 14.7. The van der Waals surface area contributed by atoms with Gasteiger partial charge in [-0.1, -0.05) is 0 Å². The number of nitrogens with one attached hydrogen (secondary N) is 2. The number of aliphatic carboxylic acids is 1. The molecule has 7 rings (SSSR count). The fourth-order valence-electron chi connectivity index (χ4n) is 5.54. The van der Waals surface area contributed by atoms with Crippen molar-refractivity contribution >= 4 is 28.3 Å². The topological polar surface area (TPSA) is 108 Å². The first-order valence-corrected chi connectivity index (χ1v) is 10.7. The molecule has 3 aliphatic rings. The second kappa shape index (κ2) is 6.98. The molecule has 0 radical (unpaired) electrons.